The van der Waals surface area contributed by atoms with Crippen molar-refractivity contribution in [2.45, 2.75) is 37.6 Å². The van der Waals surface area contributed by atoms with Crippen molar-refractivity contribution in [2.75, 3.05) is 13.2 Å². The maximum absolute atomic E-state index is 6.67. The smallest absolute Gasteiger partial charge is 0.0943 e. The monoisotopic (exact) mass is 302 g/mol. The molecule has 2 N–H and O–H groups in total. The van der Waals surface area contributed by atoms with Gasteiger partial charge < -0.3 is 10.5 Å². The Morgan fingerprint density at radius 3 is 2.62 bits per heavy atom. The number of benzene rings is 1. The minimum atomic E-state index is 0.0130. The number of nitrogens with zero attached hydrogens (tertiary/aromatic N) is 1. The summed E-state index contributed by atoms with van der Waals surface area (Å²) in [4.78, 5) is 4.58. The Balaban J connectivity index is 1.88. The first kappa shape index (κ1) is 14.7. The van der Waals surface area contributed by atoms with E-state index in [1.165, 1.54) is 5.56 Å². The third-order valence-electron chi connectivity index (χ3n) is 4.50. The Morgan fingerprint density at radius 2 is 2.00 bits per heavy atom. The van der Waals surface area contributed by atoms with Gasteiger partial charge in [-0.25, -0.2) is 4.98 Å². The van der Waals surface area contributed by atoms with Gasteiger partial charge in [-0.15, -0.1) is 11.3 Å². The van der Waals surface area contributed by atoms with E-state index in [1.807, 2.05) is 6.92 Å². The predicted octanol–water partition coefficient (Wildman–Crippen LogP) is 3.07. The standard InChI is InChI=1S/C17H22N2OS/c1-13-12-21-16(19-13)11-15(18)17(7-9-20-10-8-17)14-5-3-2-4-6-14/h2-6,12,15H,7-11,18H2,1H3. The Labute approximate surface area is 130 Å². The molecule has 1 aromatic carbocycles. The van der Waals surface area contributed by atoms with Crippen molar-refractivity contribution in [3.8, 4) is 0 Å². The summed E-state index contributed by atoms with van der Waals surface area (Å²) in [6.07, 6.45) is 2.82. The molecule has 4 heteroatoms. The van der Waals surface area contributed by atoms with Crippen LogP contribution in [0.5, 0.6) is 0 Å². The molecule has 1 unspecified atom stereocenters. The molecule has 2 aromatic rings. The molecule has 1 saturated heterocycles. The lowest BCUT2D eigenvalue weighted by Crippen LogP contribution is -2.50. The number of thiazole rings is 1. The van der Waals surface area contributed by atoms with Gasteiger partial charge in [0.25, 0.3) is 0 Å². The Bertz CT molecular complexity index is 575. The first-order valence-electron chi connectivity index (χ1n) is 7.50. The number of rotatable bonds is 4. The SMILES string of the molecule is Cc1csc(CC(N)C2(c3ccccc3)CCOCC2)n1. The molecule has 0 amide bonds. The molecule has 0 saturated carbocycles. The van der Waals surface area contributed by atoms with Gasteiger partial charge in [-0.2, -0.15) is 0 Å². The van der Waals surface area contributed by atoms with E-state index in [0.29, 0.717) is 0 Å². The van der Waals surface area contributed by atoms with Crippen LogP contribution in [0.4, 0.5) is 0 Å². The topological polar surface area (TPSA) is 48.1 Å². The molecule has 2 heterocycles. The summed E-state index contributed by atoms with van der Waals surface area (Å²) in [6, 6.07) is 10.8. The molecule has 1 aromatic heterocycles. The van der Waals surface area contributed by atoms with Crippen LogP contribution in [0.15, 0.2) is 35.7 Å². The van der Waals surface area contributed by atoms with Crippen LogP contribution in [0.25, 0.3) is 0 Å². The van der Waals surface area contributed by atoms with E-state index in [-0.39, 0.29) is 11.5 Å². The molecule has 0 aliphatic carbocycles. The predicted molar refractivity (Wildman–Crippen MR) is 86.7 cm³/mol. The lowest BCUT2D eigenvalue weighted by atomic mass is 9.68. The zero-order chi connectivity index (χ0) is 14.7. The first-order valence-corrected chi connectivity index (χ1v) is 8.38. The molecule has 112 valence electrons. The van der Waals surface area contributed by atoms with Gasteiger partial charge in [0.1, 0.15) is 0 Å². The maximum Gasteiger partial charge on any atom is 0.0943 e. The van der Waals surface area contributed by atoms with E-state index in [0.717, 1.165) is 43.2 Å². The van der Waals surface area contributed by atoms with E-state index in [2.05, 4.69) is 40.7 Å². The van der Waals surface area contributed by atoms with Crippen LogP contribution in [0.2, 0.25) is 0 Å². The zero-order valence-corrected chi connectivity index (χ0v) is 13.2. The van der Waals surface area contributed by atoms with E-state index in [9.17, 15) is 0 Å². The third kappa shape index (κ3) is 3.03. The lowest BCUT2D eigenvalue weighted by molar-refractivity contribution is 0.0400. The molecular weight excluding hydrogens is 280 g/mol. The third-order valence-corrected chi connectivity index (χ3v) is 5.49. The second kappa shape index (κ2) is 6.26. The first-order chi connectivity index (χ1) is 10.2. The second-order valence-electron chi connectivity index (χ2n) is 5.83. The number of hydrogen-bond acceptors (Lipinski definition) is 4. The van der Waals surface area contributed by atoms with Crippen LogP contribution in [-0.2, 0) is 16.6 Å². The molecule has 1 atom stereocenters. The van der Waals surface area contributed by atoms with E-state index in [4.69, 9.17) is 10.5 Å². The van der Waals surface area contributed by atoms with Crippen molar-refractivity contribution in [1.82, 2.24) is 4.98 Å². The number of aryl methyl sites for hydroxylation is 1. The summed E-state index contributed by atoms with van der Waals surface area (Å²) >= 11 is 1.71. The van der Waals surface area contributed by atoms with Gasteiger partial charge >= 0.3 is 0 Å². The largest absolute Gasteiger partial charge is 0.381 e. The molecule has 3 rings (SSSR count). The Hall–Kier alpha value is -1.23. The molecular formula is C17H22N2OS. The average molecular weight is 302 g/mol. The highest BCUT2D eigenvalue weighted by atomic mass is 32.1. The normalized spacial score (nSPS) is 19.3. The summed E-state index contributed by atoms with van der Waals surface area (Å²) in [7, 11) is 0. The highest BCUT2D eigenvalue weighted by Gasteiger charge is 2.40. The van der Waals surface area contributed by atoms with Crippen LogP contribution in [0.1, 0.15) is 29.1 Å². The molecule has 1 fully saturated rings. The molecule has 0 radical (unpaired) electrons. The number of hydrogen-bond donors (Lipinski definition) is 1. The molecule has 21 heavy (non-hydrogen) atoms. The fourth-order valence-corrected chi connectivity index (χ4v) is 4.09. The fourth-order valence-electron chi connectivity index (χ4n) is 3.26. The van der Waals surface area contributed by atoms with Gasteiger partial charge in [-0.05, 0) is 25.3 Å². The van der Waals surface area contributed by atoms with Crippen LogP contribution in [-0.4, -0.2) is 24.2 Å². The number of nitrogens with two attached hydrogens (primary N) is 1. The lowest BCUT2D eigenvalue weighted by Gasteiger charge is -2.42. The van der Waals surface area contributed by atoms with Crippen molar-refractivity contribution in [3.63, 3.8) is 0 Å². The highest BCUT2D eigenvalue weighted by Crippen LogP contribution is 2.38. The quantitative estimate of drug-likeness (QED) is 0.944. The fraction of sp³-hybridized carbons (Fsp3) is 0.471. The van der Waals surface area contributed by atoms with Gasteiger partial charge in [0.05, 0.1) is 5.01 Å². The molecule has 3 nitrogen and oxygen atoms in total. The minimum Gasteiger partial charge on any atom is -0.381 e. The number of ether oxygens (including phenoxy) is 1. The minimum absolute atomic E-state index is 0.0130. The van der Waals surface area contributed by atoms with Crippen molar-refractivity contribution in [3.05, 3.63) is 52.0 Å². The van der Waals surface area contributed by atoms with Gasteiger partial charge in [0, 0.05) is 42.2 Å². The summed E-state index contributed by atoms with van der Waals surface area (Å²) in [5.74, 6) is 0. The van der Waals surface area contributed by atoms with Gasteiger partial charge in [-0.1, -0.05) is 30.3 Å². The van der Waals surface area contributed by atoms with Crippen molar-refractivity contribution in [2.24, 2.45) is 5.73 Å². The summed E-state index contributed by atoms with van der Waals surface area (Å²) in [5, 5.41) is 3.24. The van der Waals surface area contributed by atoms with E-state index >= 15 is 0 Å². The number of aromatic nitrogens is 1. The van der Waals surface area contributed by atoms with Crippen LogP contribution >= 0.6 is 11.3 Å². The Morgan fingerprint density at radius 1 is 1.29 bits per heavy atom. The summed E-state index contributed by atoms with van der Waals surface area (Å²) < 4.78 is 5.58. The van der Waals surface area contributed by atoms with Crippen molar-refractivity contribution >= 4 is 11.3 Å². The van der Waals surface area contributed by atoms with Crippen molar-refractivity contribution in [1.29, 1.82) is 0 Å². The van der Waals surface area contributed by atoms with Crippen LogP contribution in [0, 0.1) is 6.92 Å². The van der Waals surface area contributed by atoms with Gasteiger partial charge in [0.2, 0.25) is 0 Å². The van der Waals surface area contributed by atoms with Crippen LogP contribution in [0.3, 0.4) is 0 Å². The van der Waals surface area contributed by atoms with E-state index in [1.54, 1.807) is 11.3 Å². The molecule has 0 bridgehead atoms. The Kier molecular flexibility index (Phi) is 4.38. The summed E-state index contributed by atoms with van der Waals surface area (Å²) in [6.45, 7) is 3.62. The van der Waals surface area contributed by atoms with Gasteiger partial charge in [-0.3, -0.25) is 0 Å². The van der Waals surface area contributed by atoms with Crippen LogP contribution < -0.4 is 5.73 Å². The molecule has 1 aliphatic rings. The maximum atomic E-state index is 6.67. The zero-order valence-electron chi connectivity index (χ0n) is 12.4. The summed E-state index contributed by atoms with van der Waals surface area (Å²) in [5.41, 5.74) is 9.11. The second-order valence-corrected chi connectivity index (χ2v) is 6.77. The van der Waals surface area contributed by atoms with E-state index < -0.39 is 0 Å². The van der Waals surface area contributed by atoms with Crippen molar-refractivity contribution < 1.29 is 4.74 Å². The molecule has 1 aliphatic heterocycles. The molecule has 0 spiro atoms. The average Bonchev–Trinajstić information content (AvgIpc) is 2.94. The van der Waals surface area contributed by atoms with Gasteiger partial charge in [0.15, 0.2) is 0 Å². The highest BCUT2D eigenvalue weighted by molar-refractivity contribution is 7.09.